The third-order valence-corrected chi connectivity index (χ3v) is 2.97. The van der Waals surface area contributed by atoms with Gasteiger partial charge in [-0.1, -0.05) is 12.1 Å². The summed E-state index contributed by atoms with van der Waals surface area (Å²) >= 11 is 0. The van der Waals surface area contributed by atoms with Gasteiger partial charge in [-0.2, -0.15) is 8.42 Å². The van der Waals surface area contributed by atoms with Gasteiger partial charge < -0.3 is 9.84 Å². The van der Waals surface area contributed by atoms with E-state index in [4.69, 9.17) is 9.66 Å². The first-order chi connectivity index (χ1) is 7.36. The van der Waals surface area contributed by atoms with E-state index in [2.05, 4.69) is 4.74 Å². The van der Waals surface area contributed by atoms with Crippen molar-refractivity contribution in [2.24, 2.45) is 0 Å². The summed E-state index contributed by atoms with van der Waals surface area (Å²) in [5.74, 6) is -1.17. The minimum Gasteiger partial charge on any atom is -0.508 e. The van der Waals surface area contributed by atoms with E-state index in [-0.39, 0.29) is 11.3 Å². The number of benzene rings is 1. The van der Waals surface area contributed by atoms with Gasteiger partial charge in [-0.3, -0.25) is 9.35 Å². The lowest BCUT2D eigenvalue weighted by Gasteiger charge is -2.11. The van der Waals surface area contributed by atoms with Crippen LogP contribution in [0.2, 0.25) is 0 Å². The maximum atomic E-state index is 11.2. The zero-order chi connectivity index (χ0) is 12.3. The van der Waals surface area contributed by atoms with Gasteiger partial charge in [0.1, 0.15) is 5.75 Å². The summed E-state index contributed by atoms with van der Waals surface area (Å²) < 4.78 is 35.2. The summed E-state index contributed by atoms with van der Waals surface area (Å²) in [6.07, 6.45) is 0. The normalized spacial score (nSPS) is 13.1. The topological polar surface area (TPSA) is 101 Å². The third kappa shape index (κ3) is 2.71. The molecule has 88 valence electrons. The van der Waals surface area contributed by atoms with Crippen LogP contribution in [0, 0.1) is 0 Å². The molecule has 0 bridgehead atoms. The molecule has 0 aromatic heterocycles. The van der Waals surface area contributed by atoms with Gasteiger partial charge in [-0.15, -0.1) is 0 Å². The molecular formula is C9H10O6S. The van der Waals surface area contributed by atoms with Gasteiger partial charge in [0, 0.05) is 0 Å². The van der Waals surface area contributed by atoms with Crippen LogP contribution in [0.5, 0.6) is 5.75 Å². The Hall–Kier alpha value is -1.60. The van der Waals surface area contributed by atoms with Crippen molar-refractivity contribution >= 4 is 16.1 Å². The average molecular weight is 246 g/mol. The summed E-state index contributed by atoms with van der Waals surface area (Å²) in [5, 5.41) is 7.22. The van der Waals surface area contributed by atoms with Crippen molar-refractivity contribution in [1.29, 1.82) is 0 Å². The molecule has 6 nitrogen and oxygen atoms in total. The summed E-state index contributed by atoms with van der Waals surface area (Å²) in [5.41, 5.74) is 0.0205. The van der Waals surface area contributed by atoms with E-state index < -0.39 is 21.3 Å². The first-order valence-corrected chi connectivity index (χ1v) is 5.69. The Bertz CT molecular complexity index is 475. The minimum atomic E-state index is -4.60. The summed E-state index contributed by atoms with van der Waals surface area (Å²) in [6.45, 7) is 0. The van der Waals surface area contributed by atoms with Crippen LogP contribution in [-0.4, -0.2) is 31.2 Å². The lowest BCUT2D eigenvalue weighted by molar-refractivity contribution is -0.140. The molecule has 0 saturated carbocycles. The Morgan fingerprint density at radius 2 is 1.81 bits per heavy atom. The fourth-order valence-corrected chi connectivity index (χ4v) is 2.03. The largest absolute Gasteiger partial charge is 0.508 e. The van der Waals surface area contributed by atoms with Crippen molar-refractivity contribution < 1.29 is 27.6 Å². The van der Waals surface area contributed by atoms with E-state index in [1.54, 1.807) is 0 Å². The number of esters is 1. The number of phenols is 1. The molecule has 0 aliphatic carbocycles. The molecule has 0 radical (unpaired) electrons. The van der Waals surface area contributed by atoms with Crippen molar-refractivity contribution in [3.63, 3.8) is 0 Å². The maximum Gasteiger partial charge on any atom is 0.331 e. The molecular weight excluding hydrogens is 236 g/mol. The van der Waals surface area contributed by atoms with Crippen molar-refractivity contribution in [3.8, 4) is 5.75 Å². The van der Waals surface area contributed by atoms with Gasteiger partial charge in [0.2, 0.25) is 5.25 Å². The molecule has 1 atom stereocenters. The molecule has 0 heterocycles. The summed E-state index contributed by atoms with van der Waals surface area (Å²) in [7, 11) is -3.58. The van der Waals surface area contributed by atoms with Crippen LogP contribution in [0.25, 0.3) is 0 Å². The first kappa shape index (κ1) is 12.5. The van der Waals surface area contributed by atoms with E-state index in [0.29, 0.717) is 0 Å². The summed E-state index contributed by atoms with van der Waals surface area (Å²) in [4.78, 5) is 11.2. The van der Waals surface area contributed by atoms with Crippen LogP contribution >= 0.6 is 0 Å². The van der Waals surface area contributed by atoms with Gasteiger partial charge in [-0.25, -0.2) is 0 Å². The Labute approximate surface area is 92.2 Å². The van der Waals surface area contributed by atoms with Gasteiger partial charge in [0.05, 0.1) is 7.11 Å². The van der Waals surface area contributed by atoms with E-state index in [9.17, 15) is 13.2 Å². The Morgan fingerprint density at radius 1 is 1.31 bits per heavy atom. The molecule has 0 fully saturated rings. The van der Waals surface area contributed by atoms with Crippen molar-refractivity contribution in [2.75, 3.05) is 7.11 Å². The highest BCUT2D eigenvalue weighted by Crippen LogP contribution is 2.24. The molecule has 7 heteroatoms. The predicted octanol–water partition coefficient (Wildman–Crippen LogP) is 0.494. The number of ether oxygens (including phenoxy) is 1. The standard InChI is InChI=1S/C9H10O6S/c1-15-9(11)8(16(12,13)14)6-2-4-7(10)5-3-6/h2-5,8,10H,1H3,(H,12,13,14). The van der Waals surface area contributed by atoms with E-state index >= 15 is 0 Å². The van der Waals surface area contributed by atoms with E-state index in [0.717, 1.165) is 7.11 Å². The lowest BCUT2D eigenvalue weighted by atomic mass is 10.1. The first-order valence-electron chi connectivity index (χ1n) is 4.19. The Balaban J connectivity index is 3.22. The number of aromatic hydroxyl groups is 1. The van der Waals surface area contributed by atoms with Crippen LogP contribution in [0.15, 0.2) is 24.3 Å². The second-order valence-corrected chi connectivity index (χ2v) is 4.51. The second kappa shape index (κ2) is 4.50. The van der Waals surface area contributed by atoms with Crippen molar-refractivity contribution in [2.45, 2.75) is 5.25 Å². The Morgan fingerprint density at radius 3 is 2.19 bits per heavy atom. The van der Waals surface area contributed by atoms with Gasteiger partial charge in [0.15, 0.2) is 0 Å². The monoisotopic (exact) mass is 246 g/mol. The number of carbonyl (C=O) groups is 1. The molecule has 2 N–H and O–H groups in total. The lowest BCUT2D eigenvalue weighted by Crippen LogP contribution is -2.22. The van der Waals surface area contributed by atoms with Gasteiger partial charge in [0.25, 0.3) is 10.1 Å². The number of phenolic OH excluding ortho intramolecular Hbond substituents is 1. The van der Waals surface area contributed by atoms with E-state index in [1.165, 1.54) is 24.3 Å². The highest BCUT2D eigenvalue weighted by atomic mass is 32.2. The third-order valence-electron chi connectivity index (χ3n) is 1.91. The zero-order valence-electron chi connectivity index (χ0n) is 8.32. The second-order valence-electron chi connectivity index (χ2n) is 3.01. The predicted molar refractivity (Wildman–Crippen MR) is 54.4 cm³/mol. The minimum absolute atomic E-state index is 0.0205. The fraction of sp³-hybridized carbons (Fsp3) is 0.222. The molecule has 0 aliphatic heterocycles. The molecule has 1 aromatic rings. The molecule has 0 saturated heterocycles. The molecule has 1 unspecified atom stereocenters. The van der Waals surface area contributed by atoms with Crippen LogP contribution in [0.3, 0.4) is 0 Å². The maximum absolute atomic E-state index is 11.2. The molecule has 1 aromatic carbocycles. The van der Waals surface area contributed by atoms with Crippen LogP contribution in [0.4, 0.5) is 0 Å². The molecule has 0 aliphatic rings. The fourth-order valence-electron chi connectivity index (χ4n) is 1.19. The van der Waals surface area contributed by atoms with Crippen molar-refractivity contribution in [1.82, 2.24) is 0 Å². The van der Waals surface area contributed by atoms with Gasteiger partial charge >= 0.3 is 5.97 Å². The SMILES string of the molecule is COC(=O)C(c1ccc(O)cc1)S(=O)(=O)O. The number of hydrogen-bond acceptors (Lipinski definition) is 5. The smallest absolute Gasteiger partial charge is 0.331 e. The quantitative estimate of drug-likeness (QED) is 0.594. The summed E-state index contributed by atoms with van der Waals surface area (Å²) in [6, 6.07) is 4.84. The molecule has 16 heavy (non-hydrogen) atoms. The average Bonchev–Trinajstić information content (AvgIpc) is 2.19. The van der Waals surface area contributed by atoms with Crippen molar-refractivity contribution in [3.05, 3.63) is 29.8 Å². The number of methoxy groups -OCH3 is 1. The highest BCUT2D eigenvalue weighted by molar-refractivity contribution is 7.86. The highest BCUT2D eigenvalue weighted by Gasteiger charge is 2.33. The van der Waals surface area contributed by atoms with Crippen LogP contribution < -0.4 is 0 Å². The molecule has 0 spiro atoms. The van der Waals surface area contributed by atoms with Crippen LogP contribution in [-0.2, 0) is 19.6 Å². The molecule has 0 amide bonds. The number of carbonyl (C=O) groups excluding carboxylic acids is 1. The van der Waals surface area contributed by atoms with E-state index in [1.807, 2.05) is 0 Å². The molecule has 1 rings (SSSR count). The van der Waals surface area contributed by atoms with Gasteiger partial charge in [-0.05, 0) is 17.7 Å². The number of rotatable bonds is 3. The van der Waals surface area contributed by atoms with Crippen LogP contribution in [0.1, 0.15) is 10.8 Å². The Kier molecular flexibility index (Phi) is 3.51. The number of hydrogen-bond donors (Lipinski definition) is 2. The zero-order valence-corrected chi connectivity index (χ0v) is 9.14.